The summed E-state index contributed by atoms with van der Waals surface area (Å²) >= 11 is 0. The van der Waals surface area contributed by atoms with Gasteiger partial charge in [-0.05, 0) is 44.0 Å². The van der Waals surface area contributed by atoms with E-state index in [4.69, 9.17) is 5.73 Å². The summed E-state index contributed by atoms with van der Waals surface area (Å²) in [5.74, 6) is -0.697. The van der Waals surface area contributed by atoms with E-state index < -0.39 is 5.91 Å². The Bertz CT molecular complexity index is 581. The Kier molecular flexibility index (Phi) is 5.56. The molecule has 0 radical (unpaired) electrons. The first-order valence-corrected chi connectivity index (χ1v) is 7.74. The molecule has 2 rings (SSSR count). The maximum absolute atomic E-state index is 11.9. The molecule has 0 atom stereocenters. The molecule has 1 aromatic rings. The van der Waals surface area contributed by atoms with Crippen molar-refractivity contribution in [3.63, 3.8) is 0 Å². The molecule has 124 valence electrons. The highest BCUT2D eigenvalue weighted by Crippen LogP contribution is 2.19. The van der Waals surface area contributed by atoms with E-state index in [2.05, 4.69) is 10.6 Å². The van der Waals surface area contributed by atoms with E-state index in [-0.39, 0.29) is 18.4 Å². The Hall–Kier alpha value is -2.57. The number of nitrogens with one attached hydrogen (secondary N) is 2. The first-order valence-electron chi connectivity index (χ1n) is 7.74. The average molecular weight is 318 g/mol. The number of carbonyl (C=O) groups excluding carboxylic acids is 3. The van der Waals surface area contributed by atoms with Crippen LogP contribution in [0.4, 0.5) is 10.5 Å². The van der Waals surface area contributed by atoms with Crippen LogP contribution in [0.1, 0.15) is 36.5 Å². The minimum Gasteiger partial charge on any atom is -0.366 e. The Labute approximate surface area is 135 Å². The number of nitrogens with zero attached hydrogens (tertiary/aromatic N) is 1. The molecule has 1 aliphatic rings. The maximum Gasteiger partial charge on any atom is 0.317 e. The summed E-state index contributed by atoms with van der Waals surface area (Å²) in [7, 11) is 0. The van der Waals surface area contributed by atoms with Gasteiger partial charge in [-0.25, -0.2) is 4.79 Å². The number of hydrogen-bond donors (Lipinski definition) is 3. The quantitative estimate of drug-likeness (QED) is 0.706. The molecule has 0 unspecified atom stereocenters. The zero-order valence-corrected chi connectivity index (χ0v) is 13.2. The molecule has 7 nitrogen and oxygen atoms in total. The molecule has 0 spiro atoms. The molecule has 0 heterocycles. The number of nitrogens with two attached hydrogens (primary N) is 1. The van der Waals surface area contributed by atoms with Crippen LogP contribution in [0.25, 0.3) is 0 Å². The van der Waals surface area contributed by atoms with Crippen LogP contribution in [-0.4, -0.2) is 41.9 Å². The van der Waals surface area contributed by atoms with Gasteiger partial charge in [0, 0.05) is 36.8 Å². The van der Waals surface area contributed by atoms with Crippen molar-refractivity contribution >= 4 is 23.5 Å². The summed E-state index contributed by atoms with van der Waals surface area (Å²) in [5.41, 5.74) is 6.13. The summed E-state index contributed by atoms with van der Waals surface area (Å²) in [6.45, 7) is 2.80. The minimum atomic E-state index is -0.511. The van der Waals surface area contributed by atoms with Gasteiger partial charge in [0.25, 0.3) is 0 Å². The number of carbonyl (C=O) groups is 3. The zero-order chi connectivity index (χ0) is 16.8. The third-order valence-corrected chi connectivity index (χ3v) is 3.64. The third-order valence-electron chi connectivity index (χ3n) is 3.64. The largest absolute Gasteiger partial charge is 0.366 e. The first-order chi connectivity index (χ1) is 11.0. The molecule has 1 aromatic carbocycles. The lowest BCUT2D eigenvalue weighted by atomic mass is 10.2. The number of anilines is 1. The number of rotatable bonds is 7. The lowest BCUT2D eigenvalue weighted by Crippen LogP contribution is -2.42. The van der Waals surface area contributed by atoms with E-state index in [9.17, 15) is 14.4 Å². The van der Waals surface area contributed by atoms with Gasteiger partial charge in [0.1, 0.15) is 0 Å². The molecule has 0 saturated heterocycles. The van der Waals surface area contributed by atoms with E-state index in [0.717, 1.165) is 12.8 Å². The Morgan fingerprint density at radius 2 is 1.87 bits per heavy atom. The van der Waals surface area contributed by atoms with Crippen molar-refractivity contribution in [2.45, 2.75) is 32.2 Å². The van der Waals surface area contributed by atoms with Crippen molar-refractivity contribution in [3.8, 4) is 0 Å². The van der Waals surface area contributed by atoms with Gasteiger partial charge in [-0.2, -0.15) is 0 Å². The Balaban J connectivity index is 1.78. The second-order valence-corrected chi connectivity index (χ2v) is 5.54. The Morgan fingerprint density at radius 3 is 2.39 bits per heavy atom. The molecule has 0 aromatic heterocycles. The monoisotopic (exact) mass is 318 g/mol. The fourth-order valence-electron chi connectivity index (χ4n) is 2.07. The molecule has 4 N–H and O–H groups in total. The topological polar surface area (TPSA) is 105 Å². The van der Waals surface area contributed by atoms with Crippen molar-refractivity contribution in [3.05, 3.63) is 29.8 Å². The second-order valence-electron chi connectivity index (χ2n) is 5.54. The van der Waals surface area contributed by atoms with Crippen LogP contribution < -0.4 is 16.4 Å². The summed E-state index contributed by atoms with van der Waals surface area (Å²) < 4.78 is 0. The number of urea groups is 1. The standard InChI is InChI=1S/C16H22N4O3/c1-2-20(16(23)19-13-7-8-13)10-9-14(21)18-12-5-3-11(4-6-12)15(17)22/h3-6,13H,2,7-10H2,1H3,(H2,17,22)(H,18,21)(H,19,23). The van der Waals surface area contributed by atoms with Crippen LogP contribution >= 0.6 is 0 Å². The molecule has 0 bridgehead atoms. The van der Waals surface area contributed by atoms with Crippen LogP contribution in [0.5, 0.6) is 0 Å². The van der Waals surface area contributed by atoms with Crippen LogP contribution in [0, 0.1) is 0 Å². The van der Waals surface area contributed by atoms with Gasteiger partial charge in [0.2, 0.25) is 11.8 Å². The van der Waals surface area contributed by atoms with Crippen LogP contribution in [0.3, 0.4) is 0 Å². The van der Waals surface area contributed by atoms with Gasteiger partial charge < -0.3 is 21.3 Å². The zero-order valence-electron chi connectivity index (χ0n) is 13.2. The molecule has 1 saturated carbocycles. The van der Waals surface area contributed by atoms with Gasteiger partial charge in [-0.1, -0.05) is 0 Å². The summed E-state index contributed by atoms with van der Waals surface area (Å²) in [4.78, 5) is 36.5. The Morgan fingerprint density at radius 1 is 1.22 bits per heavy atom. The lowest BCUT2D eigenvalue weighted by Gasteiger charge is -2.21. The van der Waals surface area contributed by atoms with E-state index in [1.54, 1.807) is 29.2 Å². The number of primary amides is 1. The second kappa shape index (κ2) is 7.62. The fourth-order valence-corrected chi connectivity index (χ4v) is 2.07. The average Bonchev–Trinajstić information content (AvgIpc) is 3.32. The highest BCUT2D eigenvalue weighted by molar-refractivity contribution is 5.94. The SMILES string of the molecule is CCN(CCC(=O)Nc1ccc(C(N)=O)cc1)C(=O)NC1CC1. The van der Waals surface area contributed by atoms with Crippen molar-refractivity contribution in [1.29, 1.82) is 0 Å². The van der Waals surface area contributed by atoms with Crippen molar-refractivity contribution < 1.29 is 14.4 Å². The number of amides is 4. The molecular weight excluding hydrogens is 296 g/mol. The van der Waals surface area contributed by atoms with Gasteiger partial charge in [0.05, 0.1) is 0 Å². The molecule has 7 heteroatoms. The van der Waals surface area contributed by atoms with Crippen molar-refractivity contribution in [1.82, 2.24) is 10.2 Å². The summed E-state index contributed by atoms with van der Waals surface area (Å²) in [6.07, 6.45) is 2.28. The minimum absolute atomic E-state index is 0.117. The van der Waals surface area contributed by atoms with Crippen molar-refractivity contribution in [2.24, 2.45) is 5.73 Å². The lowest BCUT2D eigenvalue weighted by molar-refractivity contribution is -0.116. The summed E-state index contributed by atoms with van der Waals surface area (Å²) in [5, 5.41) is 5.64. The predicted octanol–water partition coefficient (Wildman–Crippen LogP) is 1.31. The molecule has 0 aliphatic heterocycles. The molecule has 1 fully saturated rings. The number of hydrogen-bond acceptors (Lipinski definition) is 3. The van der Waals surface area contributed by atoms with Gasteiger partial charge in [-0.15, -0.1) is 0 Å². The van der Waals surface area contributed by atoms with Gasteiger partial charge in [-0.3, -0.25) is 9.59 Å². The molecule has 4 amide bonds. The van der Waals surface area contributed by atoms with Crippen molar-refractivity contribution in [2.75, 3.05) is 18.4 Å². The molecular formula is C16H22N4O3. The van der Waals surface area contributed by atoms with Crippen LogP contribution in [0.15, 0.2) is 24.3 Å². The van der Waals surface area contributed by atoms with E-state index in [1.165, 1.54) is 0 Å². The first kappa shape index (κ1) is 16.8. The highest BCUT2D eigenvalue weighted by atomic mass is 16.2. The predicted molar refractivity (Wildman–Crippen MR) is 87.0 cm³/mol. The van der Waals surface area contributed by atoms with E-state index in [0.29, 0.717) is 30.4 Å². The van der Waals surface area contributed by atoms with Gasteiger partial charge in [0.15, 0.2) is 0 Å². The van der Waals surface area contributed by atoms with E-state index in [1.807, 2.05) is 6.92 Å². The van der Waals surface area contributed by atoms with Gasteiger partial charge >= 0.3 is 6.03 Å². The fraction of sp³-hybridized carbons (Fsp3) is 0.438. The third kappa shape index (κ3) is 5.28. The smallest absolute Gasteiger partial charge is 0.317 e. The molecule has 23 heavy (non-hydrogen) atoms. The maximum atomic E-state index is 11.9. The number of benzene rings is 1. The van der Waals surface area contributed by atoms with E-state index >= 15 is 0 Å². The highest BCUT2D eigenvalue weighted by Gasteiger charge is 2.25. The van der Waals surface area contributed by atoms with Crippen LogP contribution in [0.2, 0.25) is 0 Å². The molecule has 1 aliphatic carbocycles. The normalized spacial score (nSPS) is 13.3. The summed E-state index contributed by atoms with van der Waals surface area (Å²) in [6, 6.07) is 6.53. The van der Waals surface area contributed by atoms with Crippen LogP contribution in [-0.2, 0) is 4.79 Å².